The number of nitrogens with one attached hydrogen (secondary N) is 3. The van der Waals surface area contributed by atoms with E-state index in [0.29, 0.717) is 36.4 Å². The Kier molecular flexibility index (Phi) is 8.59. The van der Waals surface area contributed by atoms with Crippen molar-refractivity contribution in [3.63, 3.8) is 0 Å². The first-order valence-electron chi connectivity index (χ1n) is 12.2. The summed E-state index contributed by atoms with van der Waals surface area (Å²) in [6, 6.07) is 9.15. The minimum Gasteiger partial charge on any atom is -0.477 e. The summed E-state index contributed by atoms with van der Waals surface area (Å²) in [4.78, 5) is 28.9. The molecule has 8 nitrogen and oxygen atoms in total. The maximum atomic E-state index is 12.6. The Morgan fingerprint density at radius 2 is 2.06 bits per heavy atom. The minimum absolute atomic E-state index is 0.0154. The van der Waals surface area contributed by atoms with Crippen LogP contribution in [0.4, 0.5) is 0 Å². The number of ether oxygens (including phenoxy) is 2. The van der Waals surface area contributed by atoms with Crippen LogP contribution in [0.2, 0.25) is 5.02 Å². The summed E-state index contributed by atoms with van der Waals surface area (Å²) in [6.07, 6.45) is 3.61. The number of carbonyl (C=O) groups excluding carboxylic acids is 2. The van der Waals surface area contributed by atoms with Gasteiger partial charge in [0.15, 0.2) is 0 Å². The molecule has 1 aromatic heterocycles. The number of hydrogen-bond acceptors (Lipinski definition) is 6. The summed E-state index contributed by atoms with van der Waals surface area (Å²) in [5.41, 5.74) is 2.56. The number of pyridine rings is 1. The molecular formula is C26H33ClN4O4. The fraction of sp³-hybridized carbons (Fsp3) is 0.500. The molecule has 2 fully saturated rings. The van der Waals surface area contributed by atoms with Crippen molar-refractivity contribution in [1.82, 2.24) is 20.9 Å². The van der Waals surface area contributed by atoms with Crippen LogP contribution in [0.15, 0.2) is 36.5 Å². The number of amides is 2. The molecule has 2 aromatic rings. The molecule has 9 heteroatoms. The van der Waals surface area contributed by atoms with Gasteiger partial charge in [-0.05, 0) is 42.0 Å². The quantitative estimate of drug-likeness (QED) is 0.511. The fourth-order valence-corrected chi connectivity index (χ4v) is 4.43. The second-order valence-corrected chi connectivity index (χ2v) is 9.86. The van der Waals surface area contributed by atoms with Crippen molar-refractivity contribution < 1.29 is 19.1 Å². The summed E-state index contributed by atoms with van der Waals surface area (Å²) in [6.45, 7) is 6.31. The van der Waals surface area contributed by atoms with Gasteiger partial charge in [0.1, 0.15) is 6.17 Å². The number of halogens is 1. The zero-order valence-corrected chi connectivity index (χ0v) is 20.9. The van der Waals surface area contributed by atoms with Crippen LogP contribution in [0.1, 0.15) is 62.0 Å². The molecule has 3 heterocycles. The molecule has 0 spiro atoms. The third-order valence-electron chi connectivity index (χ3n) is 6.39. The van der Waals surface area contributed by atoms with E-state index >= 15 is 0 Å². The van der Waals surface area contributed by atoms with Gasteiger partial charge in [-0.1, -0.05) is 37.6 Å². The van der Waals surface area contributed by atoms with Crippen LogP contribution in [0.25, 0.3) is 0 Å². The zero-order valence-electron chi connectivity index (χ0n) is 20.2. The molecule has 2 aliphatic rings. The van der Waals surface area contributed by atoms with E-state index in [1.54, 1.807) is 12.3 Å². The molecule has 2 aliphatic heterocycles. The van der Waals surface area contributed by atoms with E-state index in [-0.39, 0.29) is 23.8 Å². The highest BCUT2D eigenvalue weighted by Crippen LogP contribution is 2.30. The summed E-state index contributed by atoms with van der Waals surface area (Å²) < 4.78 is 11.3. The molecule has 1 aromatic carbocycles. The van der Waals surface area contributed by atoms with Gasteiger partial charge in [0.05, 0.1) is 6.61 Å². The van der Waals surface area contributed by atoms with Crippen LogP contribution >= 0.6 is 11.6 Å². The Balaban J connectivity index is 1.40. The standard InChI is InChI=1S/C26H33ClN4O4/c1-16(2)26(33)29-13-18-3-5-21(27)20(11-18)25-30-22(12-23(32)31-25)19-4-6-24(28-14-19)35-15-17-7-9-34-10-8-17/h3-6,11,14,16-17,22,25,30H,7-10,12-13,15H2,1-2H3,(H,29,33)(H,31,32). The number of carbonyl (C=O) groups is 2. The van der Waals surface area contributed by atoms with Crippen LogP contribution in [-0.2, 0) is 20.9 Å². The predicted octanol–water partition coefficient (Wildman–Crippen LogP) is 3.66. The van der Waals surface area contributed by atoms with Gasteiger partial charge in [0.2, 0.25) is 17.7 Å². The molecule has 0 saturated carbocycles. The average Bonchev–Trinajstić information content (AvgIpc) is 2.87. The van der Waals surface area contributed by atoms with Crippen molar-refractivity contribution in [1.29, 1.82) is 0 Å². The number of benzene rings is 1. The topological polar surface area (TPSA) is 102 Å². The van der Waals surface area contributed by atoms with Crippen LogP contribution in [0.5, 0.6) is 5.88 Å². The summed E-state index contributed by atoms with van der Waals surface area (Å²) in [5.74, 6) is 0.894. The van der Waals surface area contributed by atoms with E-state index in [0.717, 1.165) is 42.7 Å². The van der Waals surface area contributed by atoms with Crippen molar-refractivity contribution in [3.8, 4) is 5.88 Å². The molecule has 35 heavy (non-hydrogen) atoms. The van der Waals surface area contributed by atoms with E-state index in [1.807, 2.05) is 38.1 Å². The highest BCUT2D eigenvalue weighted by molar-refractivity contribution is 6.31. The highest BCUT2D eigenvalue weighted by atomic mass is 35.5. The van der Waals surface area contributed by atoms with Crippen LogP contribution in [-0.4, -0.2) is 36.6 Å². The SMILES string of the molecule is CC(C)C(=O)NCc1ccc(Cl)c(C2NC(=O)CC(c3ccc(OCC4CCOCC4)nc3)N2)c1. The smallest absolute Gasteiger partial charge is 0.223 e. The third-order valence-corrected chi connectivity index (χ3v) is 6.74. The molecule has 2 atom stereocenters. The monoisotopic (exact) mass is 500 g/mol. The van der Waals surface area contributed by atoms with Gasteiger partial charge in [0, 0.05) is 61.0 Å². The Morgan fingerprint density at radius 3 is 2.77 bits per heavy atom. The van der Waals surface area contributed by atoms with Crippen LogP contribution in [0.3, 0.4) is 0 Å². The molecule has 0 radical (unpaired) electrons. The summed E-state index contributed by atoms with van der Waals surface area (Å²) >= 11 is 6.49. The Morgan fingerprint density at radius 1 is 1.26 bits per heavy atom. The Hall–Kier alpha value is -2.68. The van der Waals surface area contributed by atoms with Crippen molar-refractivity contribution in [2.45, 2.75) is 51.9 Å². The van der Waals surface area contributed by atoms with Crippen molar-refractivity contribution in [2.75, 3.05) is 19.8 Å². The lowest BCUT2D eigenvalue weighted by atomic mass is 9.99. The molecule has 0 aliphatic carbocycles. The lowest BCUT2D eigenvalue weighted by molar-refractivity contribution is -0.125. The molecule has 0 bridgehead atoms. The average molecular weight is 501 g/mol. The number of aromatic nitrogens is 1. The predicted molar refractivity (Wildman–Crippen MR) is 133 cm³/mol. The van der Waals surface area contributed by atoms with E-state index in [2.05, 4.69) is 20.9 Å². The van der Waals surface area contributed by atoms with Gasteiger partial charge in [-0.25, -0.2) is 4.98 Å². The van der Waals surface area contributed by atoms with Gasteiger partial charge in [-0.3, -0.25) is 14.9 Å². The molecule has 2 saturated heterocycles. The summed E-state index contributed by atoms with van der Waals surface area (Å²) in [7, 11) is 0. The fourth-order valence-electron chi connectivity index (χ4n) is 4.21. The molecule has 2 unspecified atom stereocenters. The maximum absolute atomic E-state index is 12.6. The number of hydrogen-bond donors (Lipinski definition) is 3. The third kappa shape index (κ3) is 6.93. The van der Waals surface area contributed by atoms with Gasteiger partial charge in [-0.2, -0.15) is 0 Å². The first-order chi connectivity index (χ1) is 16.9. The Bertz CT molecular complexity index is 1020. The number of nitrogens with zero attached hydrogens (tertiary/aromatic N) is 1. The van der Waals surface area contributed by atoms with Crippen LogP contribution in [0, 0.1) is 11.8 Å². The normalized spacial score (nSPS) is 21.0. The number of rotatable bonds is 8. The van der Waals surface area contributed by atoms with Gasteiger partial charge >= 0.3 is 0 Å². The highest BCUT2D eigenvalue weighted by Gasteiger charge is 2.29. The van der Waals surface area contributed by atoms with E-state index in [1.165, 1.54) is 0 Å². The molecule has 3 N–H and O–H groups in total. The minimum atomic E-state index is -0.459. The maximum Gasteiger partial charge on any atom is 0.223 e. The van der Waals surface area contributed by atoms with Crippen molar-refractivity contribution >= 4 is 23.4 Å². The molecular weight excluding hydrogens is 468 g/mol. The van der Waals surface area contributed by atoms with Gasteiger partial charge < -0.3 is 20.1 Å². The van der Waals surface area contributed by atoms with E-state index < -0.39 is 6.17 Å². The molecule has 188 valence electrons. The molecule has 2 amide bonds. The summed E-state index contributed by atoms with van der Waals surface area (Å²) in [5, 5.41) is 9.90. The molecule has 4 rings (SSSR count). The largest absolute Gasteiger partial charge is 0.477 e. The lowest BCUT2D eigenvalue weighted by Gasteiger charge is -2.32. The van der Waals surface area contributed by atoms with E-state index in [9.17, 15) is 9.59 Å². The first kappa shape index (κ1) is 25.4. The lowest BCUT2D eigenvalue weighted by Crippen LogP contribution is -2.46. The van der Waals surface area contributed by atoms with Crippen molar-refractivity contribution in [2.24, 2.45) is 11.8 Å². The van der Waals surface area contributed by atoms with Gasteiger partial charge in [0.25, 0.3) is 0 Å². The van der Waals surface area contributed by atoms with Gasteiger partial charge in [-0.15, -0.1) is 0 Å². The Labute approximate surface area is 211 Å². The first-order valence-corrected chi connectivity index (χ1v) is 12.5. The second-order valence-electron chi connectivity index (χ2n) is 9.45. The second kappa shape index (κ2) is 11.8. The van der Waals surface area contributed by atoms with E-state index in [4.69, 9.17) is 21.1 Å². The van der Waals surface area contributed by atoms with Crippen LogP contribution < -0.4 is 20.7 Å². The van der Waals surface area contributed by atoms with Crippen molar-refractivity contribution in [3.05, 3.63) is 58.2 Å². The zero-order chi connectivity index (χ0) is 24.8.